The highest BCUT2D eigenvalue weighted by Gasteiger charge is 2.27. The second-order valence-corrected chi connectivity index (χ2v) is 6.41. The summed E-state index contributed by atoms with van der Waals surface area (Å²) in [6.45, 7) is 6.55. The average Bonchev–Trinajstić information content (AvgIpc) is 2.82. The summed E-state index contributed by atoms with van der Waals surface area (Å²) in [5.41, 5.74) is 0. The molecule has 0 spiro atoms. The fourth-order valence-electron chi connectivity index (χ4n) is 3.34. The van der Waals surface area contributed by atoms with E-state index in [1.807, 2.05) is 0 Å². The predicted octanol–water partition coefficient (Wildman–Crippen LogP) is 2.56. The molecule has 0 aromatic rings. The van der Waals surface area contributed by atoms with E-state index in [4.69, 9.17) is 0 Å². The van der Waals surface area contributed by atoms with Crippen molar-refractivity contribution in [3.63, 3.8) is 0 Å². The highest BCUT2D eigenvalue weighted by Crippen LogP contribution is 2.26. The summed E-state index contributed by atoms with van der Waals surface area (Å²) in [6.07, 6.45) is 8.56. The first kappa shape index (κ1) is 13.9. The van der Waals surface area contributed by atoms with Crippen LogP contribution in [0.4, 0.5) is 0 Å². The Labute approximate surface area is 111 Å². The van der Waals surface area contributed by atoms with Crippen molar-refractivity contribution in [2.24, 2.45) is 5.92 Å². The Morgan fingerprint density at radius 1 is 1.17 bits per heavy atom. The molecule has 2 rings (SSSR count). The third kappa shape index (κ3) is 3.98. The van der Waals surface area contributed by atoms with Crippen LogP contribution in [0.2, 0.25) is 0 Å². The van der Waals surface area contributed by atoms with Gasteiger partial charge in [-0.2, -0.15) is 0 Å². The van der Waals surface area contributed by atoms with Gasteiger partial charge in [-0.3, -0.25) is 4.79 Å². The number of carbonyl (C=O) groups is 1. The molecule has 0 aromatic heterocycles. The smallest absolute Gasteiger partial charge is 0.220 e. The molecule has 1 amide bonds. The van der Waals surface area contributed by atoms with E-state index >= 15 is 0 Å². The number of nitrogens with zero attached hydrogens (tertiary/aromatic N) is 1. The molecule has 1 aliphatic heterocycles. The van der Waals surface area contributed by atoms with Gasteiger partial charge >= 0.3 is 0 Å². The van der Waals surface area contributed by atoms with Gasteiger partial charge in [0.2, 0.25) is 5.91 Å². The summed E-state index contributed by atoms with van der Waals surface area (Å²) < 4.78 is 0. The summed E-state index contributed by atoms with van der Waals surface area (Å²) in [5, 5.41) is 3.20. The van der Waals surface area contributed by atoms with Gasteiger partial charge in [0.15, 0.2) is 0 Å². The van der Waals surface area contributed by atoms with Crippen molar-refractivity contribution in [2.75, 3.05) is 13.1 Å². The molecule has 1 N–H and O–H groups in total. The van der Waals surface area contributed by atoms with E-state index in [-0.39, 0.29) is 5.91 Å². The van der Waals surface area contributed by atoms with Gasteiger partial charge in [-0.25, -0.2) is 0 Å². The third-order valence-electron chi connectivity index (χ3n) is 4.33. The third-order valence-corrected chi connectivity index (χ3v) is 4.33. The largest absolute Gasteiger partial charge is 0.353 e. The Morgan fingerprint density at radius 3 is 2.33 bits per heavy atom. The molecule has 0 atom stereocenters. The Bertz CT molecular complexity index is 264. The Balaban J connectivity index is 1.68. The first-order valence-electron chi connectivity index (χ1n) is 7.68. The molecule has 0 unspecified atom stereocenters. The molecule has 2 fully saturated rings. The minimum absolute atomic E-state index is 0.240. The Morgan fingerprint density at radius 2 is 1.78 bits per heavy atom. The fraction of sp³-hybridized carbons (Fsp3) is 0.933. The van der Waals surface area contributed by atoms with Gasteiger partial charge in [-0.15, -0.1) is 0 Å². The molecule has 18 heavy (non-hydrogen) atoms. The summed E-state index contributed by atoms with van der Waals surface area (Å²) >= 11 is 0. The SMILES string of the molecule is CC(C)CC(=O)NC1CCN(C2CCCC2)CC1. The zero-order valence-corrected chi connectivity index (χ0v) is 12.0. The maximum Gasteiger partial charge on any atom is 0.220 e. The van der Waals surface area contributed by atoms with Crippen LogP contribution in [0.3, 0.4) is 0 Å². The van der Waals surface area contributed by atoms with Gasteiger partial charge in [-0.05, 0) is 31.6 Å². The monoisotopic (exact) mass is 252 g/mol. The zero-order valence-electron chi connectivity index (χ0n) is 12.0. The van der Waals surface area contributed by atoms with Gasteiger partial charge in [0.05, 0.1) is 0 Å². The molecule has 104 valence electrons. The number of hydrogen-bond acceptors (Lipinski definition) is 2. The van der Waals surface area contributed by atoms with Crippen LogP contribution in [0.25, 0.3) is 0 Å². The first-order chi connectivity index (χ1) is 8.65. The Hall–Kier alpha value is -0.570. The average molecular weight is 252 g/mol. The van der Waals surface area contributed by atoms with Gasteiger partial charge in [-0.1, -0.05) is 26.7 Å². The normalized spacial score (nSPS) is 23.7. The van der Waals surface area contributed by atoms with Gasteiger partial charge in [0.1, 0.15) is 0 Å². The lowest BCUT2D eigenvalue weighted by atomic mass is 10.0. The van der Waals surface area contributed by atoms with Crippen LogP contribution in [-0.2, 0) is 4.79 Å². The number of likely N-dealkylation sites (tertiary alicyclic amines) is 1. The van der Waals surface area contributed by atoms with Gasteiger partial charge in [0.25, 0.3) is 0 Å². The summed E-state index contributed by atoms with van der Waals surface area (Å²) in [6, 6.07) is 1.27. The Kier molecular flexibility index (Phi) is 5.04. The molecule has 3 nitrogen and oxygen atoms in total. The number of piperidine rings is 1. The number of hydrogen-bond donors (Lipinski definition) is 1. The molecule has 2 aliphatic rings. The van der Waals surface area contributed by atoms with Crippen molar-refractivity contribution < 1.29 is 4.79 Å². The van der Waals surface area contributed by atoms with Crippen LogP contribution in [0, 0.1) is 5.92 Å². The lowest BCUT2D eigenvalue weighted by Crippen LogP contribution is -2.47. The highest BCUT2D eigenvalue weighted by molar-refractivity contribution is 5.76. The minimum atomic E-state index is 0.240. The van der Waals surface area contributed by atoms with E-state index in [0.29, 0.717) is 18.4 Å². The topological polar surface area (TPSA) is 32.3 Å². The molecular weight excluding hydrogens is 224 g/mol. The van der Waals surface area contributed by atoms with Crippen molar-refractivity contribution in [1.82, 2.24) is 10.2 Å². The molecular formula is C15H28N2O. The van der Waals surface area contributed by atoms with Crippen LogP contribution in [0.5, 0.6) is 0 Å². The van der Waals surface area contributed by atoms with Gasteiger partial charge < -0.3 is 10.2 Å². The van der Waals surface area contributed by atoms with E-state index < -0.39 is 0 Å². The van der Waals surface area contributed by atoms with Crippen molar-refractivity contribution in [3.8, 4) is 0 Å². The van der Waals surface area contributed by atoms with E-state index in [0.717, 1.165) is 18.9 Å². The van der Waals surface area contributed by atoms with Crippen LogP contribution in [0.15, 0.2) is 0 Å². The standard InChI is InChI=1S/C15H28N2O/c1-12(2)11-15(18)16-13-7-9-17(10-8-13)14-5-3-4-6-14/h12-14H,3-11H2,1-2H3,(H,16,18). The summed E-state index contributed by atoms with van der Waals surface area (Å²) in [4.78, 5) is 14.4. The van der Waals surface area contributed by atoms with E-state index in [9.17, 15) is 4.79 Å². The van der Waals surface area contributed by atoms with E-state index in [2.05, 4.69) is 24.1 Å². The van der Waals surface area contributed by atoms with Crippen LogP contribution in [-0.4, -0.2) is 36.0 Å². The second-order valence-electron chi connectivity index (χ2n) is 6.41. The highest BCUT2D eigenvalue weighted by atomic mass is 16.1. The molecule has 3 heteroatoms. The van der Waals surface area contributed by atoms with Crippen LogP contribution >= 0.6 is 0 Å². The summed E-state index contributed by atoms with van der Waals surface area (Å²) in [7, 11) is 0. The van der Waals surface area contributed by atoms with E-state index in [1.54, 1.807) is 0 Å². The minimum Gasteiger partial charge on any atom is -0.353 e. The number of carbonyl (C=O) groups excluding carboxylic acids is 1. The summed E-state index contributed by atoms with van der Waals surface area (Å²) in [5.74, 6) is 0.702. The quantitative estimate of drug-likeness (QED) is 0.834. The van der Waals surface area contributed by atoms with Crippen molar-refractivity contribution in [2.45, 2.75) is 70.9 Å². The first-order valence-corrected chi connectivity index (χ1v) is 7.68. The molecule has 0 aromatic carbocycles. The number of nitrogens with one attached hydrogen (secondary N) is 1. The van der Waals surface area contributed by atoms with Crippen molar-refractivity contribution >= 4 is 5.91 Å². The van der Waals surface area contributed by atoms with Crippen LogP contribution < -0.4 is 5.32 Å². The molecule has 1 saturated heterocycles. The predicted molar refractivity (Wildman–Crippen MR) is 74.4 cm³/mol. The molecule has 1 saturated carbocycles. The molecule has 1 aliphatic carbocycles. The van der Waals surface area contributed by atoms with Crippen molar-refractivity contribution in [3.05, 3.63) is 0 Å². The lowest BCUT2D eigenvalue weighted by Gasteiger charge is -2.36. The molecule has 0 radical (unpaired) electrons. The lowest BCUT2D eigenvalue weighted by molar-refractivity contribution is -0.122. The fourth-order valence-corrected chi connectivity index (χ4v) is 3.34. The maximum atomic E-state index is 11.7. The number of rotatable bonds is 4. The van der Waals surface area contributed by atoms with E-state index in [1.165, 1.54) is 38.8 Å². The van der Waals surface area contributed by atoms with Crippen molar-refractivity contribution in [1.29, 1.82) is 0 Å². The second kappa shape index (κ2) is 6.55. The van der Waals surface area contributed by atoms with Gasteiger partial charge in [0, 0.05) is 31.6 Å². The molecule has 0 bridgehead atoms. The molecule has 1 heterocycles. The number of amides is 1. The maximum absolute atomic E-state index is 11.7. The van der Waals surface area contributed by atoms with Crippen LogP contribution in [0.1, 0.15) is 58.8 Å². The zero-order chi connectivity index (χ0) is 13.0.